The van der Waals surface area contributed by atoms with Crippen molar-refractivity contribution in [1.29, 1.82) is 0 Å². The maximum Gasteiger partial charge on any atom is 0.251 e. The molecule has 1 N–H and O–H groups in total. The summed E-state index contributed by atoms with van der Waals surface area (Å²) in [5, 5.41) is 12.7. The van der Waals surface area contributed by atoms with Crippen LogP contribution in [0.2, 0.25) is 0 Å². The van der Waals surface area contributed by atoms with Crippen LogP contribution in [0, 0.1) is 6.92 Å². The molecule has 0 fully saturated rings. The fourth-order valence-corrected chi connectivity index (χ4v) is 1.13. The van der Waals surface area contributed by atoms with Crippen molar-refractivity contribution in [1.82, 2.24) is 5.32 Å². The smallest absolute Gasteiger partial charge is 0.251 e. The molecule has 0 heterocycles. The summed E-state index contributed by atoms with van der Waals surface area (Å²) < 4.78 is 0. The fraction of sp³-hybridized carbons (Fsp3) is 0.273. The van der Waals surface area contributed by atoms with Crippen molar-refractivity contribution in [2.45, 2.75) is 19.9 Å². The molecule has 4 nitrogen and oxygen atoms in total. The molecule has 4 heteroatoms. The van der Waals surface area contributed by atoms with Crippen molar-refractivity contribution in [3.05, 3.63) is 35.4 Å². The number of aliphatic carboxylic acids is 1. The molecule has 80 valence electrons. The molecule has 0 bridgehead atoms. The zero-order chi connectivity index (χ0) is 11.4. The summed E-state index contributed by atoms with van der Waals surface area (Å²) in [5.41, 5.74) is 1.40. The van der Waals surface area contributed by atoms with Crippen molar-refractivity contribution in [2.24, 2.45) is 0 Å². The molecule has 0 unspecified atom stereocenters. The molecule has 1 amide bonds. The van der Waals surface area contributed by atoms with Gasteiger partial charge in [-0.1, -0.05) is 17.7 Å². The van der Waals surface area contributed by atoms with Crippen LogP contribution in [0.15, 0.2) is 24.3 Å². The van der Waals surface area contributed by atoms with Crippen molar-refractivity contribution < 1.29 is 14.7 Å². The van der Waals surface area contributed by atoms with Crippen LogP contribution in [0.5, 0.6) is 0 Å². The second-order valence-electron chi connectivity index (χ2n) is 3.38. The highest BCUT2D eigenvalue weighted by Gasteiger charge is 2.09. The van der Waals surface area contributed by atoms with Crippen LogP contribution >= 0.6 is 0 Å². The summed E-state index contributed by atoms with van der Waals surface area (Å²) in [6, 6.07) is 5.94. The minimum Gasteiger partial charge on any atom is -0.548 e. The van der Waals surface area contributed by atoms with Gasteiger partial charge in [0.05, 0.1) is 12.0 Å². The molecule has 15 heavy (non-hydrogen) atoms. The lowest BCUT2D eigenvalue weighted by molar-refractivity contribution is -0.307. The first-order valence-corrected chi connectivity index (χ1v) is 4.59. The van der Waals surface area contributed by atoms with Gasteiger partial charge in [-0.05, 0) is 26.0 Å². The Bertz CT molecular complexity index is 387. The summed E-state index contributed by atoms with van der Waals surface area (Å²) >= 11 is 0. The maximum atomic E-state index is 11.5. The van der Waals surface area contributed by atoms with Gasteiger partial charge in [0.1, 0.15) is 0 Å². The Kier molecular flexibility index (Phi) is 3.44. The quantitative estimate of drug-likeness (QED) is 0.748. The Morgan fingerprint density at radius 2 is 2.07 bits per heavy atom. The van der Waals surface area contributed by atoms with Gasteiger partial charge >= 0.3 is 0 Å². The largest absolute Gasteiger partial charge is 0.548 e. The third kappa shape index (κ3) is 3.09. The van der Waals surface area contributed by atoms with Crippen molar-refractivity contribution in [2.75, 3.05) is 0 Å². The summed E-state index contributed by atoms with van der Waals surface area (Å²) in [7, 11) is 0. The van der Waals surface area contributed by atoms with E-state index >= 15 is 0 Å². The predicted octanol–water partition coefficient (Wildman–Crippen LogP) is -0.137. The number of carboxylic acid groups (broad SMARTS) is 1. The van der Waals surface area contributed by atoms with Crippen molar-refractivity contribution in [3.8, 4) is 0 Å². The van der Waals surface area contributed by atoms with Gasteiger partial charge in [0, 0.05) is 5.56 Å². The van der Waals surface area contributed by atoms with E-state index in [9.17, 15) is 14.7 Å². The van der Waals surface area contributed by atoms with Crippen LogP contribution in [0.4, 0.5) is 0 Å². The molecule has 0 aliphatic rings. The average Bonchev–Trinajstić information content (AvgIpc) is 2.17. The summed E-state index contributed by atoms with van der Waals surface area (Å²) in [6.45, 7) is 3.22. The highest BCUT2D eigenvalue weighted by molar-refractivity contribution is 5.96. The number of rotatable bonds is 3. The average molecular weight is 206 g/mol. The lowest BCUT2D eigenvalue weighted by Gasteiger charge is -2.14. The van der Waals surface area contributed by atoms with E-state index in [-0.39, 0.29) is 0 Å². The molecule has 0 aromatic heterocycles. The molecule has 0 saturated carbocycles. The van der Waals surface area contributed by atoms with Crippen LogP contribution in [-0.4, -0.2) is 17.9 Å². The van der Waals surface area contributed by atoms with Gasteiger partial charge < -0.3 is 15.2 Å². The van der Waals surface area contributed by atoms with Crippen LogP contribution in [0.3, 0.4) is 0 Å². The first-order valence-electron chi connectivity index (χ1n) is 4.59. The highest BCUT2D eigenvalue weighted by Crippen LogP contribution is 2.03. The van der Waals surface area contributed by atoms with E-state index in [2.05, 4.69) is 5.32 Å². The monoisotopic (exact) mass is 206 g/mol. The van der Waals surface area contributed by atoms with Crippen LogP contribution in [0.25, 0.3) is 0 Å². The zero-order valence-corrected chi connectivity index (χ0v) is 8.61. The number of aryl methyl sites for hydroxylation is 1. The van der Waals surface area contributed by atoms with E-state index in [4.69, 9.17) is 0 Å². The van der Waals surface area contributed by atoms with Gasteiger partial charge in [0.25, 0.3) is 5.91 Å². The number of hydrogen-bond donors (Lipinski definition) is 1. The van der Waals surface area contributed by atoms with Crippen molar-refractivity contribution in [3.63, 3.8) is 0 Å². The Morgan fingerprint density at radius 3 is 2.60 bits per heavy atom. The molecule has 0 aliphatic heterocycles. The van der Waals surface area contributed by atoms with E-state index in [0.717, 1.165) is 5.56 Å². The van der Waals surface area contributed by atoms with Gasteiger partial charge in [0.15, 0.2) is 0 Å². The highest BCUT2D eigenvalue weighted by atomic mass is 16.4. The third-order valence-electron chi connectivity index (χ3n) is 1.98. The number of amides is 1. The van der Waals surface area contributed by atoms with Crippen LogP contribution in [-0.2, 0) is 4.79 Å². The van der Waals surface area contributed by atoms with Crippen LogP contribution in [0.1, 0.15) is 22.8 Å². The molecule has 1 atom stereocenters. The predicted molar refractivity (Wildman–Crippen MR) is 53.1 cm³/mol. The Balaban J connectivity index is 2.73. The third-order valence-corrected chi connectivity index (χ3v) is 1.98. The summed E-state index contributed by atoms with van der Waals surface area (Å²) in [5.74, 6) is -1.70. The molecule has 0 radical (unpaired) electrons. The molecule has 1 aromatic carbocycles. The molecule has 1 aromatic rings. The van der Waals surface area contributed by atoms with Crippen molar-refractivity contribution >= 4 is 11.9 Å². The molecular formula is C11H12NO3-. The minimum absolute atomic E-state index is 0.407. The SMILES string of the molecule is Cc1cccc(C(=O)N[C@@H](C)C(=O)[O-])c1. The minimum atomic E-state index is -1.30. The normalized spacial score (nSPS) is 11.9. The standard InChI is InChI=1S/C11H13NO3/c1-7-4-3-5-9(6-7)10(13)12-8(2)11(14)15/h3-6,8H,1-2H3,(H,12,13)(H,14,15)/p-1/t8-/m0/s1. The number of carbonyl (C=O) groups is 2. The molecule has 0 saturated heterocycles. The molecule has 0 spiro atoms. The number of carboxylic acids is 1. The Labute approximate surface area is 87.9 Å². The van der Waals surface area contributed by atoms with E-state index in [1.807, 2.05) is 13.0 Å². The van der Waals surface area contributed by atoms with Gasteiger partial charge in [-0.15, -0.1) is 0 Å². The van der Waals surface area contributed by atoms with Gasteiger partial charge in [-0.3, -0.25) is 4.79 Å². The van der Waals surface area contributed by atoms with E-state index in [1.54, 1.807) is 18.2 Å². The van der Waals surface area contributed by atoms with Gasteiger partial charge in [0.2, 0.25) is 0 Å². The number of benzene rings is 1. The number of carbonyl (C=O) groups excluding carboxylic acids is 2. The number of nitrogens with one attached hydrogen (secondary N) is 1. The fourth-order valence-electron chi connectivity index (χ4n) is 1.13. The summed E-state index contributed by atoms with van der Waals surface area (Å²) in [4.78, 5) is 21.9. The topological polar surface area (TPSA) is 69.2 Å². The van der Waals surface area contributed by atoms with Gasteiger partial charge in [-0.2, -0.15) is 0 Å². The Morgan fingerprint density at radius 1 is 1.40 bits per heavy atom. The summed E-state index contributed by atoms with van der Waals surface area (Å²) in [6.07, 6.45) is 0. The molecule has 1 rings (SSSR count). The lowest BCUT2D eigenvalue weighted by Crippen LogP contribution is -2.45. The molecular weight excluding hydrogens is 194 g/mol. The number of hydrogen-bond acceptors (Lipinski definition) is 3. The van der Waals surface area contributed by atoms with E-state index < -0.39 is 17.9 Å². The molecule has 0 aliphatic carbocycles. The zero-order valence-electron chi connectivity index (χ0n) is 8.61. The van der Waals surface area contributed by atoms with Gasteiger partial charge in [-0.25, -0.2) is 0 Å². The second-order valence-corrected chi connectivity index (χ2v) is 3.38. The maximum absolute atomic E-state index is 11.5. The van der Waals surface area contributed by atoms with Crippen LogP contribution < -0.4 is 10.4 Å². The first kappa shape index (κ1) is 11.2. The first-order chi connectivity index (χ1) is 7.00. The van der Waals surface area contributed by atoms with E-state index in [0.29, 0.717) is 5.56 Å². The second kappa shape index (κ2) is 4.59. The Hall–Kier alpha value is -1.84. The lowest BCUT2D eigenvalue weighted by atomic mass is 10.1. The van der Waals surface area contributed by atoms with E-state index in [1.165, 1.54) is 6.92 Å².